The van der Waals surface area contributed by atoms with Crippen LogP contribution >= 0.6 is 0 Å². The van der Waals surface area contributed by atoms with Gasteiger partial charge < -0.3 is 9.80 Å². The minimum Gasteiger partial charge on any atom is -0.348 e. The molecule has 0 saturated carbocycles. The lowest BCUT2D eigenvalue weighted by Gasteiger charge is -2.27. The average Bonchev–Trinajstić information content (AvgIpc) is 2.98. The van der Waals surface area contributed by atoms with Gasteiger partial charge in [0.25, 0.3) is 0 Å². The van der Waals surface area contributed by atoms with Crippen molar-refractivity contribution in [2.24, 2.45) is 0 Å². The van der Waals surface area contributed by atoms with Gasteiger partial charge in [-0.2, -0.15) is 0 Å². The highest BCUT2D eigenvalue weighted by Crippen LogP contribution is 2.36. The lowest BCUT2D eigenvalue weighted by Crippen LogP contribution is -2.26. The van der Waals surface area contributed by atoms with Crippen LogP contribution in [-0.2, 0) is 6.54 Å². The SMILES string of the molecule is Cc1cccc(N2CCC[C@H]2c2nc(C)ncc2CN(C)C)n1. The first-order chi connectivity index (χ1) is 11.0. The summed E-state index contributed by atoms with van der Waals surface area (Å²) in [5.74, 6) is 1.89. The number of anilines is 1. The molecule has 2 aromatic rings. The van der Waals surface area contributed by atoms with Crippen LogP contribution in [0.15, 0.2) is 24.4 Å². The molecular formula is C18H25N5. The van der Waals surface area contributed by atoms with E-state index in [1.54, 1.807) is 0 Å². The third-order valence-electron chi connectivity index (χ3n) is 4.24. The van der Waals surface area contributed by atoms with Crippen molar-refractivity contribution in [3.63, 3.8) is 0 Å². The summed E-state index contributed by atoms with van der Waals surface area (Å²) in [7, 11) is 4.16. The zero-order valence-corrected chi connectivity index (χ0v) is 14.5. The molecule has 0 aliphatic carbocycles. The van der Waals surface area contributed by atoms with Crippen molar-refractivity contribution >= 4 is 5.82 Å². The number of aryl methyl sites for hydroxylation is 2. The smallest absolute Gasteiger partial charge is 0.129 e. The van der Waals surface area contributed by atoms with Gasteiger partial charge >= 0.3 is 0 Å². The van der Waals surface area contributed by atoms with E-state index >= 15 is 0 Å². The first-order valence-corrected chi connectivity index (χ1v) is 8.22. The van der Waals surface area contributed by atoms with Gasteiger partial charge in [0.05, 0.1) is 11.7 Å². The lowest BCUT2D eigenvalue weighted by molar-refractivity contribution is 0.397. The van der Waals surface area contributed by atoms with E-state index in [9.17, 15) is 0 Å². The number of hydrogen-bond acceptors (Lipinski definition) is 5. The molecule has 3 rings (SSSR count). The molecular weight excluding hydrogens is 286 g/mol. The largest absolute Gasteiger partial charge is 0.348 e. The van der Waals surface area contributed by atoms with Crippen LogP contribution in [-0.4, -0.2) is 40.5 Å². The monoisotopic (exact) mass is 311 g/mol. The summed E-state index contributed by atoms with van der Waals surface area (Å²) in [6.45, 7) is 5.90. The summed E-state index contributed by atoms with van der Waals surface area (Å²) < 4.78 is 0. The zero-order chi connectivity index (χ0) is 16.4. The Kier molecular flexibility index (Phi) is 4.57. The summed E-state index contributed by atoms with van der Waals surface area (Å²) >= 11 is 0. The van der Waals surface area contributed by atoms with Gasteiger partial charge in [0.1, 0.15) is 11.6 Å². The summed E-state index contributed by atoms with van der Waals surface area (Å²) in [5, 5.41) is 0. The van der Waals surface area contributed by atoms with Gasteiger partial charge in [0.2, 0.25) is 0 Å². The van der Waals surface area contributed by atoms with E-state index in [0.29, 0.717) is 6.04 Å². The molecule has 2 aromatic heterocycles. The number of rotatable bonds is 4. The van der Waals surface area contributed by atoms with Gasteiger partial charge in [0, 0.05) is 30.5 Å². The molecule has 3 heterocycles. The molecule has 122 valence electrons. The Morgan fingerprint density at radius 1 is 1.22 bits per heavy atom. The second-order valence-corrected chi connectivity index (χ2v) is 6.55. The van der Waals surface area contributed by atoms with Crippen LogP contribution in [0, 0.1) is 13.8 Å². The van der Waals surface area contributed by atoms with Crippen molar-refractivity contribution < 1.29 is 0 Å². The van der Waals surface area contributed by atoms with Crippen LogP contribution in [0.2, 0.25) is 0 Å². The van der Waals surface area contributed by atoms with Crippen molar-refractivity contribution in [2.45, 2.75) is 39.3 Å². The van der Waals surface area contributed by atoms with Gasteiger partial charge in [-0.1, -0.05) is 6.07 Å². The minimum absolute atomic E-state index is 0.293. The van der Waals surface area contributed by atoms with Crippen LogP contribution in [0.25, 0.3) is 0 Å². The molecule has 0 N–H and O–H groups in total. The van der Waals surface area contributed by atoms with E-state index in [0.717, 1.165) is 42.5 Å². The molecule has 5 heteroatoms. The highest BCUT2D eigenvalue weighted by Gasteiger charge is 2.30. The van der Waals surface area contributed by atoms with E-state index in [1.807, 2.05) is 26.1 Å². The van der Waals surface area contributed by atoms with E-state index in [2.05, 4.69) is 41.0 Å². The number of nitrogens with zero attached hydrogens (tertiary/aromatic N) is 5. The second kappa shape index (κ2) is 6.62. The van der Waals surface area contributed by atoms with Crippen LogP contribution in [0.3, 0.4) is 0 Å². The summed E-state index contributed by atoms with van der Waals surface area (Å²) in [6.07, 6.45) is 4.27. The Hall–Kier alpha value is -2.01. The summed E-state index contributed by atoms with van der Waals surface area (Å²) in [5.41, 5.74) is 3.43. The molecule has 1 atom stereocenters. The third-order valence-corrected chi connectivity index (χ3v) is 4.24. The number of pyridine rings is 1. The Balaban J connectivity index is 1.98. The van der Waals surface area contributed by atoms with Crippen molar-refractivity contribution in [3.8, 4) is 0 Å². The number of aromatic nitrogens is 3. The van der Waals surface area contributed by atoms with Gasteiger partial charge in [-0.05, 0) is 52.9 Å². The topological polar surface area (TPSA) is 45.2 Å². The van der Waals surface area contributed by atoms with Crippen molar-refractivity contribution in [1.29, 1.82) is 0 Å². The molecule has 0 unspecified atom stereocenters. The molecule has 5 nitrogen and oxygen atoms in total. The third kappa shape index (κ3) is 3.50. The van der Waals surface area contributed by atoms with E-state index in [1.165, 1.54) is 12.0 Å². The molecule has 0 aromatic carbocycles. The van der Waals surface area contributed by atoms with Gasteiger partial charge in [-0.3, -0.25) is 0 Å². The molecule has 0 spiro atoms. The first kappa shape index (κ1) is 15.9. The van der Waals surface area contributed by atoms with E-state index < -0.39 is 0 Å². The maximum absolute atomic E-state index is 4.80. The van der Waals surface area contributed by atoms with Gasteiger partial charge in [-0.15, -0.1) is 0 Å². The average molecular weight is 311 g/mol. The Morgan fingerprint density at radius 2 is 2.04 bits per heavy atom. The number of hydrogen-bond donors (Lipinski definition) is 0. The van der Waals surface area contributed by atoms with Gasteiger partial charge in [-0.25, -0.2) is 15.0 Å². The maximum Gasteiger partial charge on any atom is 0.129 e. The first-order valence-electron chi connectivity index (χ1n) is 8.22. The summed E-state index contributed by atoms with van der Waals surface area (Å²) in [6, 6.07) is 6.52. The lowest BCUT2D eigenvalue weighted by atomic mass is 10.1. The molecule has 0 bridgehead atoms. The molecule has 1 aliphatic heterocycles. The molecule has 0 radical (unpaired) electrons. The van der Waals surface area contributed by atoms with Crippen LogP contribution in [0.5, 0.6) is 0 Å². The van der Waals surface area contributed by atoms with Crippen LogP contribution in [0.4, 0.5) is 5.82 Å². The van der Waals surface area contributed by atoms with Crippen molar-refractivity contribution in [2.75, 3.05) is 25.5 Å². The Bertz CT molecular complexity index is 683. The second-order valence-electron chi connectivity index (χ2n) is 6.55. The van der Waals surface area contributed by atoms with Crippen molar-refractivity contribution in [1.82, 2.24) is 19.9 Å². The molecule has 1 aliphatic rings. The van der Waals surface area contributed by atoms with Crippen LogP contribution in [0.1, 0.15) is 41.7 Å². The molecule has 0 amide bonds. The minimum atomic E-state index is 0.293. The zero-order valence-electron chi connectivity index (χ0n) is 14.5. The predicted molar refractivity (Wildman–Crippen MR) is 92.5 cm³/mol. The molecule has 1 saturated heterocycles. The Labute approximate surface area is 138 Å². The van der Waals surface area contributed by atoms with Crippen LogP contribution < -0.4 is 4.90 Å². The fraction of sp³-hybridized carbons (Fsp3) is 0.500. The molecule has 23 heavy (non-hydrogen) atoms. The summed E-state index contributed by atoms with van der Waals surface area (Å²) in [4.78, 5) is 18.5. The normalized spacial score (nSPS) is 18.0. The highest BCUT2D eigenvalue weighted by atomic mass is 15.2. The fourth-order valence-electron chi connectivity index (χ4n) is 3.28. The van der Waals surface area contributed by atoms with Crippen molar-refractivity contribution in [3.05, 3.63) is 47.2 Å². The predicted octanol–water partition coefficient (Wildman–Crippen LogP) is 2.89. The highest BCUT2D eigenvalue weighted by molar-refractivity contribution is 5.44. The quantitative estimate of drug-likeness (QED) is 0.869. The van der Waals surface area contributed by atoms with Gasteiger partial charge in [0.15, 0.2) is 0 Å². The Morgan fingerprint density at radius 3 is 2.78 bits per heavy atom. The fourth-order valence-corrected chi connectivity index (χ4v) is 3.28. The molecule has 1 fully saturated rings. The van der Waals surface area contributed by atoms with E-state index in [4.69, 9.17) is 9.97 Å². The van der Waals surface area contributed by atoms with E-state index in [-0.39, 0.29) is 0 Å². The maximum atomic E-state index is 4.80. The standard InChI is InChI=1S/C18H25N5/c1-13-7-5-9-17(20-13)23-10-6-8-16(23)18-15(12-22(3)4)11-19-14(2)21-18/h5,7,9,11,16H,6,8,10,12H2,1-4H3/t16-/m0/s1.